The Bertz CT molecular complexity index is 665. The van der Waals surface area contributed by atoms with Gasteiger partial charge in [-0.15, -0.1) is 10.2 Å². The van der Waals surface area contributed by atoms with Gasteiger partial charge >= 0.3 is 0 Å². The van der Waals surface area contributed by atoms with Gasteiger partial charge in [-0.25, -0.2) is 8.42 Å². The van der Waals surface area contributed by atoms with Gasteiger partial charge in [0.15, 0.2) is 0 Å². The molecule has 2 rings (SSSR count). The average molecular weight is 283 g/mol. The molecule has 0 radical (unpaired) electrons. The van der Waals surface area contributed by atoms with Crippen molar-refractivity contribution in [1.82, 2.24) is 10.2 Å². The fourth-order valence-electron chi connectivity index (χ4n) is 1.17. The average Bonchev–Trinajstić information content (AvgIpc) is 2.78. The van der Waals surface area contributed by atoms with Crippen LogP contribution in [0.3, 0.4) is 0 Å². The first-order chi connectivity index (χ1) is 8.47. The van der Waals surface area contributed by atoms with Gasteiger partial charge in [-0.2, -0.15) is 0 Å². The van der Waals surface area contributed by atoms with E-state index in [0.29, 0.717) is 5.56 Å². The summed E-state index contributed by atoms with van der Waals surface area (Å²) in [4.78, 5) is 11.8. The lowest BCUT2D eigenvalue weighted by atomic mass is 10.2. The minimum absolute atomic E-state index is 0.120. The summed E-state index contributed by atoms with van der Waals surface area (Å²) < 4.78 is 22.3. The van der Waals surface area contributed by atoms with Gasteiger partial charge in [0.2, 0.25) is 19.3 Å². The van der Waals surface area contributed by atoms with Gasteiger partial charge in [0.25, 0.3) is 5.91 Å². The monoisotopic (exact) mass is 283 g/mol. The maximum absolute atomic E-state index is 11.8. The number of anilines is 1. The second-order valence-electron chi connectivity index (χ2n) is 3.47. The minimum atomic E-state index is -3.39. The summed E-state index contributed by atoms with van der Waals surface area (Å²) in [6.45, 7) is 0. The van der Waals surface area contributed by atoms with Crippen LogP contribution in [-0.4, -0.2) is 30.8 Å². The first-order valence-electron chi connectivity index (χ1n) is 4.87. The molecule has 0 saturated carbocycles. The van der Waals surface area contributed by atoms with Crippen LogP contribution in [0, 0.1) is 0 Å². The van der Waals surface area contributed by atoms with E-state index >= 15 is 0 Å². The SMILES string of the molecule is CS(=O)(=O)c1nnc(NC(=O)c2ccccc2)s1. The Morgan fingerprint density at radius 2 is 1.89 bits per heavy atom. The lowest BCUT2D eigenvalue weighted by Gasteiger charge is -1.99. The molecule has 18 heavy (non-hydrogen) atoms. The first kappa shape index (κ1) is 12.7. The number of sulfone groups is 1. The van der Waals surface area contributed by atoms with E-state index in [4.69, 9.17) is 0 Å². The van der Waals surface area contributed by atoms with Crippen LogP contribution >= 0.6 is 11.3 Å². The van der Waals surface area contributed by atoms with Crippen LogP contribution < -0.4 is 5.32 Å². The van der Waals surface area contributed by atoms with E-state index in [1.807, 2.05) is 0 Å². The molecule has 8 heteroatoms. The molecule has 0 aliphatic rings. The maximum Gasteiger partial charge on any atom is 0.257 e. The number of rotatable bonds is 3. The van der Waals surface area contributed by atoms with Crippen molar-refractivity contribution in [3.63, 3.8) is 0 Å². The van der Waals surface area contributed by atoms with Crippen LogP contribution in [-0.2, 0) is 9.84 Å². The summed E-state index contributed by atoms with van der Waals surface area (Å²) in [6, 6.07) is 8.55. The van der Waals surface area contributed by atoms with Crippen molar-refractivity contribution in [2.45, 2.75) is 4.34 Å². The molecule has 0 atom stereocenters. The fraction of sp³-hybridized carbons (Fsp3) is 0.100. The standard InChI is InChI=1S/C10H9N3O3S2/c1-18(15,16)10-13-12-9(17-10)11-8(14)7-5-3-2-4-6-7/h2-6H,1H3,(H,11,12,14). The summed E-state index contributed by atoms with van der Waals surface area (Å²) in [5.74, 6) is -0.355. The third kappa shape index (κ3) is 2.90. The second-order valence-corrected chi connectivity index (χ2v) is 6.63. The van der Waals surface area contributed by atoms with Crippen LogP contribution in [0.2, 0.25) is 0 Å². The van der Waals surface area contributed by atoms with Crippen LogP contribution in [0.15, 0.2) is 34.7 Å². The number of carbonyl (C=O) groups is 1. The molecule has 1 N–H and O–H groups in total. The lowest BCUT2D eigenvalue weighted by molar-refractivity contribution is 0.102. The highest BCUT2D eigenvalue weighted by atomic mass is 32.2. The maximum atomic E-state index is 11.8. The van der Waals surface area contributed by atoms with Gasteiger partial charge in [0.05, 0.1) is 0 Å². The molecular formula is C10H9N3O3S2. The summed E-state index contributed by atoms with van der Waals surface area (Å²) in [5.41, 5.74) is 0.466. The van der Waals surface area contributed by atoms with Crippen LogP contribution in [0.4, 0.5) is 5.13 Å². The smallest absolute Gasteiger partial charge is 0.257 e. The van der Waals surface area contributed by atoms with Crippen molar-refractivity contribution in [2.75, 3.05) is 11.6 Å². The molecular weight excluding hydrogens is 274 g/mol. The Labute approximate surface area is 108 Å². The molecule has 0 bridgehead atoms. The highest BCUT2D eigenvalue weighted by Crippen LogP contribution is 2.20. The lowest BCUT2D eigenvalue weighted by Crippen LogP contribution is -2.11. The quantitative estimate of drug-likeness (QED) is 0.855. The molecule has 94 valence electrons. The van der Waals surface area contributed by atoms with E-state index < -0.39 is 9.84 Å². The fourth-order valence-corrected chi connectivity index (χ4v) is 2.67. The molecule has 0 fully saturated rings. The second kappa shape index (κ2) is 4.83. The topological polar surface area (TPSA) is 89.0 Å². The van der Waals surface area contributed by atoms with Gasteiger partial charge < -0.3 is 0 Å². The summed E-state index contributed by atoms with van der Waals surface area (Å²) in [7, 11) is -3.39. The van der Waals surface area contributed by atoms with E-state index in [1.165, 1.54) is 0 Å². The molecule has 1 aromatic carbocycles. The van der Waals surface area contributed by atoms with Gasteiger partial charge in [0.1, 0.15) is 0 Å². The number of nitrogens with zero attached hydrogens (tertiary/aromatic N) is 2. The zero-order valence-electron chi connectivity index (χ0n) is 9.32. The van der Waals surface area contributed by atoms with Crippen LogP contribution in [0.25, 0.3) is 0 Å². The van der Waals surface area contributed by atoms with Crippen molar-refractivity contribution < 1.29 is 13.2 Å². The molecule has 0 aliphatic heterocycles. The number of aromatic nitrogens is 2. The number of hydrogen-bond donors (Lipinski definition) is 1. The highest BCUT2D eigenvalue weighted by Gasteiger charge is 2.16. The van der Waals surface area contributed by atoms with Gasteiger partial charge in [-0.05, 0) is 12.1 Å². The van der Waals surface area contributed by atoms with E-state index in [9.17, 15) is 13.2 Å². The Hall–Kier alpha value is -1.80. The Morgan fingerprint density at radius 1 is 1.22 bits per heavy atom. The Balaban J connectivity index is 2.16. The van der Waals surface area contributed by atoms with Gasteiger partial charge in [0, 0.05) is 11.8 Å². The molecule has 0 aliphatic carbocycles. The number of nitrogens with one attached hydrogen (secondary N) is 1. The molecule has 6 nitrogen and oxygen atoms in total. The molecule has 0 saturated heterocycles. The number of benzene rings is 1. The van der Waals surface area contributed by atoms with E-state index in [-0.39, 0.29) is 15.4 Å². The van der Waals surface area contributed by atoms with E-state index in [0.717, 1.165) is 17.6 Å². The van der Waals surface area contributed by atoms with E-state index in [2.05, 4.69) is 15.5 Å². The van der Waals surface area contributed by atoms with Crippen molar-refractivity contribution >= 4 is 32.2 Å². The largest absolute Gasteiger partial charge is 0.296 e. The summed E-state index contributed by atoms with van der Waals surface area (Å²) in [5, 5.41) is 9.75. The third-order valence-electron chi connectivity index (χ3n) is 1.98. The number of amides is 1. The highest BCUT2D eigenvalue weighted by molar-refractivity contribution is 7.92. The number of hydrogen-bond acceptors (Lipinski definition) is 6. The van der Waals surface area contributed by atoms with E-state index in [1.54, 1.807) is 30.3 Å². The predicted molar refractivity (Wildman–Crippen MR) is 67.4 cm³/mol. The van der Waals surface area contributed by atoms with Crippen molar-refractivity contribution in [3.8, 4) is 0 Å². The minimum Gasteiger partial charge on any atom is -0.296 e. The molecule has 1 amide bonds. The van der Waals surface area contributed by atoms with Gasteiger partial charge in [-0.3, -0.25) is 10.1 Å². The summed E-state index contributed by atoms with van der Waals surface area (Å²) in [6.07, 6.45) is 1.04. The van der Waals surface area contributed by atoms with Crippen molar-refractivity contribution in [2.24, 2.45) is 0 Å². The zero-order chi connectivity index (χ0) is 13.2. The van der Waals surface area contributed by atoms with Crippen LogP contribution in [0.5, 0.6) is 0 Å². The normalized spacial score (nSPS) is 11.2. The first-order valence-corrected chi connectivity index (χ1v) is 7.57. The summed E-state index contributed by atoms with van der Waals surface area (Å²) >= 11 is 0.821. The molecule has 1 aromatic heterocycles. The van der Waals surface area contributed by atoms with Crippen LogP contribution in [0.1, 0.15) is 10.4 Å². The van der Waals surface area contributed by atoms with Gasteiger partial charge in [-0.1, -0.05) is 29.5 Å². The molecule has 2 aromatic rings. The zero-order valence-corrected chi connectivity index (χ0v) is 11.0. The van der Waals surface area contributed by atoms with Crippen molar-refractivity contribution in [1.29, 1.82) is 0 Å². The predicted octanol–water partition coefficient (Wildman–Crippen LogP) is 1.19. The molecule has 0 unspecified atom stereocenters. The molecule has 1 heterocycles. The number of carbonyl (C=O) groups excluding carboxylic acids is 1. The Morgan fingerprint density at radius 3 is 2.44 bits per heavy atom. The third-order valence-corrected chi connectivity index (χ3v) is 4.49. The molecule has 0 spiro atoms. The Kier molecular flexibility index (Phi) is 3.39. The van der Waals surface area contributed by atoms with Crippen molar-refractivity contribution in [3.05, 3.63) is 35.9 Å².